The number of nitrogens with one attached hydrogen (secondary N) is 1. The first kappa shape index (κ1) is 12.7. The molecule has 1 aromatic carbocycles. The van der Waals surface area contributed by atoms with E-state index in [1.165, 1.54) is 0 Å². The maximum atomic E-state index is 11.8. The molecule has 0 saturated carbocycles. The normalized spacial score (nSPS) is 10.3. The Bertz CT molecular complexity index is 538. The lowest BCUT2D eigenvalue weighted by Gasteiger charge is -2.05. The maximum Gasteiger partial charge on any atom is 0.251 e. The maximum absolute atomic E-state index is 11.8. The molecule has 2 rings (SSSR count). The van der Waals surface area contributed by atoms with Crippen LogP contribution in [-0.4, -0.2) is 12.5 Å². The van der Waals surface area contributed by atoms with Crippen molar-refractivity contribution >= 4 is 27.5 Å². The van der Waals surface area contributed by atoms with Gasteiger partial charge in [-0.15, -0.1) is 0 Å². The Balaban J connectivity index is 1.89. The average Bonchev–Trinajstić information content (AvgIpc) is 2.85. The van der Waals surface area contributed by atoms with Gasteiger partial charge in [0.15, 0.2) is 0 Å². The van der Waals surface area contributed by atoms with Crippen LogP contribution in [0.4, 0.5) is 5.69 Å². The predicted octanol–water partition coefficient (Wildman–Crippen LogP) is 2.60. The molecular formula is C13H13BrN2O2. The van der Waals surface area contributed by atoms with Crippen molar-refractivity contribution in [2.24, 2.45) is 0 Å². The van der Waals surface area contributed by atoms with Gasteiger partial charge in [-0.1, -0.05) is 0 Å². The monoisotopic (exact) mass is 308 g/mol. The number of anilines is 1. The third-order valence-corrected chi connectivity index (χ3v) is 3.22. The van der Waals surface area contributed by atoms with Crippen molar-refractivity contribution in [3.63, 3.8) is 0 Å². The second-order valence-corrected chi connectivity index (χ2v) is 4.68. The highest BCUT2D eigenvalue weighted by molar-refractivity contribution is 9.10. The van der Waals surface area contributed by atoms with E-state index in [4.69, 9.17) is 10.2 Å². The summed E-state index contributed by atoms with van der Waals surface area (Å²) in [4.78, 5) is 11.8. The van der Waals surface area contributed by atoms with E-state index in [1.54, 1.807) is 24.5 Å². The zero-order valence-electron chi connectivity index (χ0n) is 9.65. The molecule has 0 spiro atoms. The number of nitrogens with two attached hydrogens (primary N) is 1. The molecule has 1 aromatic heterocycles. The van der Waals surface area contributed by atoms with Crippen LogP contribution >= 0.6 is 15.9 Å². The summed E-state index contributed by atoms with van der Waals surface area (Å²) >= 11 is 3.29. The van der Waals surface area contributed by atoms with Crippen molar-refractivity contribution in [1.29, 1.82) is 0 Å². The van der Waals surface area contributed by atoms with E-state index in [0.29, 0.717) is 24.2 Å². The Morgan fingerprint density at radius 1 is 1.39 bits per heavy atom. The topological polar surface area (TPSA) is 68.3 Å². The summed E-state index contributed by atoms with van der Waals surface area (Å²) in [5.74, 6) is 0.714. The second kappa shape index (κ2) is 5.73. The number of carbonyl (C=O) groups is 1. The molecule has 0 unspecified atom stereocenters. The number of amides is 1. The summed E-state index contributed by atoms with van der Waals surface area (Å²) in [5.41, 5.74) is 6.82. The fraction of sp³-hybridized carbons (Fsp3) is 0.154. The lowest BCUT2D eigenvalue weighted by Crippen LogP contribution is -2.25. The smallest absolute Gasteiger partial charge is 0.251 e. The van der Waals surface area contributed by atoms with Crippen molar-refractivity contribution in [1.82, 2.24) is 5.32 Å². The molecule has 0 aliphatic heterocycles. The van der Waals surface area contributed by atoms with Crippen LogP contribution in [0.1, 0.15) is 16.1 Å². The molecule has 5 heteroatoms. The number of rotatable bonds is 4. The Hall–Kier alpha value is -1.75. The van der Waals surface area contributed by atoms with E-state index in [1.807, 2.05) is 12.1 Å². The Kier molecular flexibility index (Phi) is 4.04. The zero-order chi connectivity index (χ0) is 13.0. The number of hydrogen-bond acceptors (Lipinski definition) is 3. The lowest BCUT2D eigenvalue weighted by molar-refractivity contribution is 0.0953. The number of hydrogen-bond donors (Lipinski definition) is 2. The summed E-state index contributed by atoms with van der Waals surface area (Å²) in [5, 5.41) is 2.81. The first-order valence-electron chi connectivity index (χ1n) is 5.52. The number of furan rings is 1. The van der Waals surface area contributed by atoms with Gasteiger partial charge in [0.25, 0.3) is 5.91 Å². The number of carbonyl (C=O) groups excluding carboxylic acids is 1. The molecule has 3 N–H and O–H groups in total. The summed E-state index contributed by atoms with van der Waals surface area (Å²) in [7, 11) is 0. The van der Waals surface area contributed by atoms with Crippen LogP contribution in [-0.2, 0) is 6.42 Å². The van der Waals surface area contributed by atoms with Crippen LogP contribution < -0.4 is 11.1 Å². The Labute approximate surface area is 113 Å². The van der Waals surface area contributed by atoms with Crippen molar-refractivity contribution in [3.8, 4) is 0 Å². The minimum Gasteiger partial charge on any atom is -0.469 e. The number of halogens is 1. The highest BCUT2D eigenvalue weighted by atomic mass is 79.9. The number of nitrogen functional groups attached to an aromatic ring is 1. The minimum absolute atomic E-state index is 0.138. The molecular weight excluding hydrogens is 296 g/mol. The lowest BCUT2D eigenvalue weighted by atomic mass is 10.2. The molecule has 0 bridgehead atoms. The van der Waals surface area contributed by atoms with E-state index in [0.717, 1.165) is 10.2 Å². The summed E-state index contributed by atoms with van der Waals surface area (Å²) in [6.07, 6.45) is 2.29. The fourth-order valence-electron chi connectivity index (χ4n) is 1.54. The van der Waals surface area contributed by atoms with E-state index in [2.05, 4.69) is 21.2 Å². The van der Waals surface area contributed by atoms with Gasteiger partial charge in [-0.25, -0.2) is 0 Å². The van der Waals surface area contributed by atoms with Crippen LogP contribution in [0.25, 0.3) is 0 Å². The Morgan fingerprint density at radius 3 is 2.89 bits per heavy atom. The molecule has 18 heavy (non-hydrogen) atoms. The molecule has 2 aromatic rings. The third kappa shape index (κ3) is 3.13. The quantitative estimate of drug-likeness (QED) is 0.853. The van der Waals surface area contributed by atoms with Gasteiger partial charge in [-0.05, 0) is 46.3 Å². The standard InChI is InChI=1S/C13H13BrN2O2/c14-11-4-3-9(8-12(11)15)13(17)16-6-5-10-2-1-7-18-10/h1-4,7-8H,5-6,15H2,(H,16,17). The molecule has 4 nitrogen and oxygen atoms in total. The van der Waals surface area contributed by atoms with E-state index in [9.17, 15) is 4.79 Å². The molecule has 1 heterocycles. The summed E-state index contributed by atoms with van der Waals surface area (Å²) in [6.45, 7) is 0.530. The summed E-state index contributed by atoms with van der Waals surface area (Å²) < 4.78 is 5.97. The first-order valence-corrected chi connectivity index (χ1v) is 6.32. The van der Waals surface area contributed by atoms with Gasteiger partial charge in [0.2, 0.25) is 0 Å². The van der Waals surface area contributed by atoms with E-state index in [-0.39, 0.29) is 5.91 Å². The second-order valence-electron chi connectivity index (χ2n) is 3.82. The van der Waals surface area contributed by atoms with Gasteiger partial charge in [0.05, 0.1) is 6.26 Å². The largest absolute Gasteiger partial charge is 0.469 e. The van der Waals surface area contributed by atoms with Gasteiger partial charge < -0.3 is 15.5 Å². The highest BCUT2D eigenvalue weighted by Gasteiger charge is 2.07. The van der Waals surface area contributed by atoms with Crippen LogP contribution in [0.3, 0.4) is 0 Å². The summed E-state index contributed by atoms with van der Waals surface area (Å²) in [6, 6.07) is 8.84. The van der Waals surface area contributed by atoms with Gasteiger partial charge in [0, 0.05) is 28.7 Å². The van der Waals surface area contributed by atoms with Gasteiger partial charge in [-0.3, -0.25) is 4.79 Å². The van der Waals surface area contributed by atoms with Crippen LogP contribution in [0, 0.1) is 0 Å². The zero-order valence-corrected chi connectivity index (χ0v) is 11.2. The molecule has 0 atom stereocenters. The van der Waals surface area contributed by atoms with E-state index >= 15 is 0 Å². The van der Waals surface area contributed by atoms with Crippen molar-refractivity contribution in [3.05, 3.63) is 52.4 Å². The fourth-order valence-corrected chi connectivity index (χ4v) is 1.79. The molecule has 0 aliphatic rings. The van der Waals surface area contributed by atoms with Crippen molar-refractivity contribution < 1.29 is 9.21 Å². The molecule has 0 fully saturated rings. The van der Waals surface area contributed by atoms with Gasteiger partial charge in [0.1, 0.15) is 5.76 Å². The van der Waals surface area contributed by atoms with Crippen LogP contribution in [0.5, 0.6) is 0 Å². The van der Waals surface area contributed by atoms with Gasteiger partial charge >= 0.3 is 0 Å². The predicted molar refractivity (Wildman–Crippen MR) is 73.3 cm³/mol. The molecule has 0 radical (unpaired) electrons. The Morgan fingerprint density at radius 2 is 2.22 bits per heavy atom. The van der Waals surface area contributed by atoms with Crippen LogP contribution in [0.15, 0.2) is 45.5 Å². The molecule has 0 aliphatic carbocycles. The van der Waals surface area contributed by atoms with Crippen LogP contribution in [0.2, 0.25) is 0 Å². The highest BCUT2D eigenvalue weighted by Crippen LogP contribution is 2.20. The van der Waals surface area contributed by atoms with Crippen molar-refractivity contribution in [2.75, 3.05) is 12.3 Å². The molecule has 1 amide bonds. The third-order valence-electron chi connectivity index (χ3n) is 2.50. The van der Waals surface area contributed by atoms with Crippen molar-refractivity contribution in [2.45, 2.75) is 6.42 Å². The SMILES string of the molecule is Nc1cc(C(=O)NCCc2ccco2)ccc1Br. The number of benzene rings is 1. The molecule has 94 valence electrons. The first-order chi connectivity index (χ1) is 8.66. The van der Waals surface area contributed by atoms with E-state index < -0.39 is 0 Å². The average molecular weight is 309 g/mol. The minimum atomic E-state index is -0.138. The molecule has 0 saturated heterocycles. The van der Waals surface area contributed by atoms with Gasteiger partial charge in [-0.2, -0.15) is 0 Å².